The van der Waals surface area contributed by atoms with Gasteiger partial charge in [-0.3, -0.25) is 4.79 Å². The highest BCUT2D eigenvalue weighted by Crippen LogP contribution is 2.64. The summed E-state index contributed by atoms with van der Waals surface area (Å²) in [4.78, 5) is 11.7. The van der Waals surface area contributed by atoms with Crippen molar-refractivity contribution < 1.29 is 14.3 Å². The molecule has 0 aromatic heterocycles. The molecule has 2 heterocycles. The molecule has 2 aliphatic heterocycles. The van der Waals surface area contributed by atoms with Gasteiger partial charge in [0.15, 0.2) is 0 Å². The molecule has 3 heteroatoms. The Morgan fingerprint density at radius 1 is 1.26 bits per heavy atom. The Hall–Kier alpha value is -1.25. The fraction of sp³-hybridized carbons (Fsp3) is 0.750. The van der Waals surface area contributed by atoms with Crippen LogP contribution in [0.1, 0.15) is 59.3 Å². The summed E-state index contributed by atoms with van der Waals surface area (Å²) in [6.45, 7) is 11.7. The predicted molar refractivity (Wildman–Crippen MR) is 88.2 cm³/mol. The summed E-state index contributed by atoms with van der Waals surface area (Å²) in [6, 6.07) is 0. The Morgan fingerprint density at radius 2 is 2.04 bits per heavy atom. The van der Waals surface area contributed by atoms with Crippen molar-refractivity contribution in [2.75, 3.05) is 0 Å². The number of hydrogen-bond acceptors (Lipinski definition) is 3. The second-order valence-electron chi connectivity index (χ2n) is 8.92. The maximum atomic E-state index is 11.7. The Morgan fingerprint density at radius 3 is 2.83 bits per heavy atom. The van der Waals surface area contributed by atoms with Crippen molar-refractivity contribution in [2.24, 2.45) is 28.6 Å². The molecule has 0 bridgehead atoms. The van der Waals surface area contributed by atoms with Crippen molar-refractivity contribution in [2.45, 2.75) is 65.6 Å². The van der Waals surface area contributed by atoms with E-state index in [1.807, 2.05) is 6.26 Å². The molecule has 23 heavy (non-hydrogen) atoms. The highest BCUT2D eigenvalue weighted by molar-refractivity contribution is 5.73. The molecule has 126 valence electrons. The molecule has 1 saturated heterocycles. The number of esters is 1. The number of carbonyl (C=O) groups excluding carboxylic acids is 1. The van der Waals surface area contributed by atoms with E-state index in [0.29, 0.717) is 23.7 Å². The van der Waals surface area contributed by atoms with Gasteiger partial charge in [-0.1, -0.05) is 32.9 Å². The average molecular weight is 316 g/mol. The fourth-order valence-electron chi connectivity index (χ4n) is 5.94. The average Bonchev–Trinajstić information content (AvgIpc) is 3.08. The van der Waals surface area contributed by atoms with Crippen molar-refractivity contribution >= 4 is 5.97 Å². The molecular formula is C20H28O3. The zero-order chi connectivity index (χ0) is 16.4. The van der Waals surface area contributed by atoms with Crippen LogP contribution in [0.2, 0.25) is 0 Å². The van der Waals surface area contributed by atoms with Crippen molar-refractivity contribution in [1.82, 2.24) is 0 Å². The molecule has 5 atom stereocenters. The minimum atomic E-state index is -0.375. The van der Waals surface area contributed by atoms with Crippen LogP contribution in [-0.4, -0.2) is 12.3 Å². The molecule has 2 saturated carbocycles. The first kappa shape index (κ1) is 15.3. The number of ether oxygens (including phenoxy) is 2. The van der Waals surface area contributed by atoms with Crippen LogP contribution < -0.4 is 0 Å². The maximum Gasteiger partial charge on any atom is 0.309 e. The number of fused-ring (bicyclic) bond motifs is 2. The topological polar surface area (TPSA) is 35.5 Å². The van der Waals surface area contributed by atoms with Crippen LogP contribution in [0.4, 0.5) is 0 Å². The largest absolute Gasteiger partial charge is 0.462 e. The molecule has 0 unspecified atom stereocenters. The van der Waals surface area contributed by atoms with Crippen LogP contribution in [0.25, 0.3) is 0 Å². The molecule has 0 N–H and O–H groups in total. The van der Waals surface area contributed by atoms with Crippen molar-refractivity contribution in [1.29, 1.82) is 0 Å². The molecule has 0 aromatic rings. The van der Waals surface area contributed by atoms with Gasteiger partial charge in [-0.25, -0.2) is 0 Å². The zero-order valence-electron chi connectivity index (χ0n) is 14.6. The minimum absolute atomic E-state index is 0.0662. The number of rotatable bonds is 1. The lowest BCUT2D eigenvalue weighted by Gasteiger charge is -2.41. The SMILES string of the molecule is C=C1CCCC(C)(C)[C@@H]2CC[C@@](C)(C3=CO[C@@H]4OC(=O)C[C@H]34)[C@H]12. The smallest absolute Gasteiger partial charge is 0.309 e. The lowest BCUT2D eigenvalue weighted by Crippen LogP contribution is -2.35. The number of allylic oxidation sites excluding steroid dienone is 1. The molecule has 4 rings (SSSR count). The summed E-state index contributed by atoms with van der Waals surface area (Å²) in [6.07, 6.45) is 8.09. The van der Waals surface area contributed by atoms with Crippen LogP contribution in [0.5, 0.6) is 0 Å². The first-order chi connectivity index (χ1) is 10.8. The monoisotopic (exact) mass is 316 g/mol. The molecule has 0 spiro atoms. The first-order valence-corrected chi connectivity index (χ1v) is 9.06. The molecule has 3 fully saturated rings. The standard InChI is InChI=1S/C20H28O3/c1-12-6-5-8-19(2,3)14-7-9-20(4,17(12)14)15-11-22-18-13(15)10-16(21)23-18/h11,13-14,17-18H,1,5-10H2,2-4H3/t13-,14-,17-,18-,20+/m1/s1. The molecule has 3 nitrogen and oxygen atoms in total. The predicted octanol–water partition coefficient (Wildman–Crippen LogP) is 4.59. The van der Waals surface area contributed by atoms with E-state index in [2.05, 4.69) is 27.4 Å². The van der Waals surface area contributed by atoms with E-state index < -0.39 is 0 Å². The second kappa shape index (κ2) is 4.87. The molecule has 4 aliphatic rings. The van der Waals surface area contributed by atoms with Gasteiger partial charge in [-0.15, -0.1) is 0 Å². The minimum Gasteiger partial charge on any atom is -0.462 e. The molecule has 2 aliphatic carbocycles. The van der Waals surface area contributed by atoms with E-state index in [1.54, 1.807) is 0 Å². The quantitative estimate of drug-likeness (QED) is 0.524. The molecule has 0 radical (unpaired) electrons. The third-order valence-electron chi connectivity index (χ3n) is 7.18. The van der Waals surface area contributed by atoms with Gasteiger partial charge in [-0.2, -0.15) is 0 Å². The normalized spacial score (nSPS) is 44.9. The van der Waals surface area contributed by atoms with E-state index in [0.717, 1.165) is 12.8 Å². The summed E-state index contributed by atoms with van der Waals surface area (Å²) >= 11 is 0. The van der Waals surface area contributed by atoms with E-state index in [9.17, 15) is 4.79 Å². The summed E-state index contributed by atoms with van der Waals surface area (Å²) in [5, 5.41) is 0. The Labute approximate surface area is 139 Å². The van der Waals surface area contributed by atoms with Gasteiger partial charge in [0.25, 0.3) is 6.29 Å². The van der Waals surface area contributed by atoms with Crippen LogP contribution in [-0.2, 0) is 14.3 Å². The summed E-state index contributed by atoms with van der Waals surface area (Å²) in [5.41, 5.74) is 3.15. The highest BCUT2D eigenvalue weighted by atomic mass is 16.7. The van der Waals surface area contributed by atoms with Crippen LogP contribution in [0.15, 0.2) is 24.0 Å². The fourth-order valence-corrected chi connectivity index (χ4v) is 5.94. The van der Waals surface area contributed by atoms with Gasteiger partial charge < -0.3 is 9.47 Å². The summed E-state index contributed by atoms with van der Waals surface area (Å²) < 4.78 is 11.0. The molecule has 0 aromatic carbocycles. The van der Waals surface area contributed by atoms with Crippen LogP contribution in [0, 0.1) is 28.6 Å². The number of carbonyl (C=O) groups is 1. The third kappa shape index (κ3) is 2.11. The summed E-state index contributed by atoms with van der Waals surface area (Å²) in [5.74, 6) is 1.18. The van der Waals surface area contributed by atoms with Crippen molar-refractivity contribution in [3.8, 4) is 0 Å². The molecule has 0 amide bonds. The lowest BCUT2D eigenvalue weighted by atomic mass is 9.62. The van der Waals surface area contributed by atoms with Gasteiger partial charge in [-0.05, 0) is 60.3 Å². The van der Waals surface area contributed by atoms with Crippen LogP contribution >= 0.6 is 0 Å². The highest BCUT2D eigenvalue weighted by Gasteiger charge is 2.58. The Kier molecular flexibility index (Phi) is 3.24. The van der Waals surface area contributed by atoms with E-state index in [-0.39, 0.29) is 23.6 Å². The van der Waals surface area contributed by atoms with Crippen molar-refractivity contribution in [3.05, 3.63) is 24.0 Å². The Bertz CT molecular complexity index is 588. The van der Waals surface area contributed by atoms with Gasteiger partial charge in [0.2, 0.25) is 0 Å². The number of hydrogen-bond donors (Lipinski definition) is 0. The maximum absolute atomic E-state index is 11.7. The second-order valence-corrected chi connectivity index (χ2v) is 8.92. The lowest BCUT2D eigenvalue weighted by molar-refractivity contribution is -0.154. The van der Waals surface area contributed by atoms with Gasteiger partial charge in [0, 0.05) is 0 Å². The zero-order valence-corrected chi connectivity index (χ0v) is 14.6. The first-order valence-electron chi connectivity index (χ1n) is 9.06. The van der Waals surface area contributed by atoms with Crippen LogP contribution in [0.3, 0.4) is 0 Å². The molecular weight excluding hydrogens is 288 g/mol. The van der Waals surface area contributed by atoms with E-state index in [1.165, 1.54) is 30.4 Å². The van der Waals surface area contributed by atoms with Crippen molar-refractivity contribution in [3.63, 3.8) is 0 Å². The third-order valence-corrected chi connectivity index (χ3v) is 7.18. The van der Waals surface area contributed by atoms with E-state index >= 15 is 0 Å². The van der Waals surface area contributed by atoms with E-state index in [4.69, 9.17) is 9.47 Å². The Balaban J connectivity index is 1.71. The van der Waals surface area contributed by atoms with Gasteiger partial charge in [0.1, 0.15) is 0 Å². The van der Waals surface area contributed by atoms with Gasteiger partial charge >= 0.3 is 5.97 Å². The van der Waals surface area contributed by atoms with Gasteiger partial charge in [0.05, 0.1) is 18.6 Å². The summed E-state index contributed by atoms with van der Waals surface area (Å²) in [7, 11) is 0.